The quantitative estimate of drug-likeness (QED) is 0.837. The molecule has 9 heteroatoms. The highest BCUT2D eigenvalue weighted by molar-refractivity contribution is 7.92. The number of nitrogens with zero attached hydrogens (tertiary/aromatic N) is 3. The number of benzene rings is 1. The number of amides is 1. The maximum atomic E-state index is 12.8. The van der Waals surface area contributed by atoms with Crippen molar-refractivity contribution in [2.24, 2.45) is 0 Å². The Bertz CT molecular complexity index is 929. The zero-order valence-corrected chi connectivity index (χ0v) is 16.5. The molecule has 1 amide bonds. The summed E-state index contributed by atoms with van der Waals surface area (Å²) in [4.78, 5) is 14.4. The van der Waals surface area contributed by atoms with Crippen molar-refractivity contribution < 1.29 is 17.9 Å². The van der Waals surface area contributed by atoms with Crippen LogP contribution in [0.5, 0.6) is 0 Å². The largest absolute Gasteiger partial charge is 0.378 e. The SMILES string of the molecule is CCn1nc(C)c(S(=O)(=O)Nc2ccc(C(=O)N3CCOCC3)cc2)c1C. The minimum Gasteiger partial charge on any atom is -0.378 e. The van der Waals surface area contributed by atoms with Gasteiger partial charge in [-0.3, -0.25) is 14.2 Å². The molecular weight excluding hydrogens is 368 g/mol. The number of rotatable bonds is 5. The Hall–Kier alpha value is -2.39. The third-order valence-corrected chi connectivity index (χ3v) is 6.20. The number of aromatic nitrogens is 2. The molecule has 0 radical (unpaired) electrons. The molecule has 2 aromatic rings. The van der Waals surface area contributed by atoms with Gasteiger partial charge >= 0.3 is 0 Å². The number of ether oxygens (including phenoxy) is 1. The van der Waals surface area contributed by atoms with E-state index in [1.54, 1.807) is 47.7 Å². The van der Waals surface area contributed by atoms with E-state index < -0.39 is 10.0 Å². The molecule has 27 heavy (non-hydrogen) atoms. The van der Waals surface area contributed by atoms with Crippen LogP contribution in [0, 0.1) is 13.8 Å². The van der Waals surface area contributed by atoms with Crippen LogP contribution >= 0.6 is 0 Å². The van der Waals surface area contributed by atoms with Gasteiger partial charge in [0.05, 0.1) is 24.6 Å². The summed E-state index contributed by atoms with van der Waals surface area (Å²) in [6, 6.07) is 6.45. The molecule has 1 saturated heterocycles. The normalized spacial score (nSPS) is 15.0. The van der Waals surface area contributed by atoms with Gasteiger partial charge in [-0.2, -0.15) is 5.10 Å². The van der Waals surface area contributed by atoms with Crippen molar-refractivity contribution in [2.75, 3.05) is 31.0 Å². The Balaban J connectivity index is 1.78. The van der Waals surface area contributed by atoms with Crippen LogP contribution in [0.2, 0.25) is 0 Å². The molecule has 1 aliphatic heterocycles. The van der Waals surface area contributed by atoms with Gasteiger partial charge in [-0.1, -0.05) is 0 Å². The smallest absolute Gasteiger partial charge is 0.265 e. The van der Waals surface area contributed by atoms with E-state index in [1.807, 2.05) is 6.92 Å². The van der Waals surface area contributed by atoms with E-state index in [4.69, 9.17) is 4.74 Å². The van der Waals surface area contributed by atoms with Gasteiger partial charge in [0.15, 0.2) is 0 Å². The average molecular weight is 392 g/mol. The zero-order valence-electron chi connectivity index (χ0n) is 15.7. The number of aryl methyl sites for hydroxylation is 2. The van der Waals surface area contributed by atoms with Crippen LogP contribution < -0.4 is 4.72 Å². The molecule has 0 unspecified atom stereocenters. The van der Waals surface area contributed by atoms with E-state index in [-0.39, 0.29) is 10.8 Å². The predicted octanol–water partition coefficient (Wildman–Crippen LogP) is 1.79. The number of hydrogen-bond acceptors (Lipinski definition) is 5. The lowest BCUT2D eigenvalue weighted by atomic mass is 10.2. The van der Waals surface area contributed by atoms with Gasteiger partial charge in [-0.25, -0.2) is 8.42 Å². The van der Waals surface area contributed by atoms with E-state index in [0.717, 1.165) is 0 Å². The van der Waals surface area contributed by atoms with E-state index in [0.29, 0.717) is 55.5 Å². The second-order valence-corrected chi connectivity index (χ2v) is 8.02. The maximum Gasteiger partial charge on any atom is 0.265 e. The summed E-state index contributed by atoms with van der Waals surface area (Å²) in [5, 5.41) is 4.26. The molecule has 0 aliphatic carbocycles. The Morgan fingerprint density at radius 2 is 1.81 bits per heavy atom. The van der Waals surface area contributed by atoms with Gasteiger partial charge in [-0.05, 0) is 45.0 Å². The fourth-order valence-corrected chi connectivity index (χ4v) is 4.69. The second kappa shape index (κ2) is 7.69. The van der Waals surface area contributed by atoms with Crippen molar-refractivity contribution in [3.8, 4) is 0 Å². The lowest BCUT2D eigenvalue weighted by molar-refractivity contribution is 0.0303. The summed E-state index contributed by atoms with van der Waals surface area (Å²) >= 11 is 0. The van der Waals surface area contributed by atoms with E-state index in [1.165, 1.54) is 0 Å². The number of carbonyl (C=O) groups excluding carboxylic acids is 1. The van der Waals surface area contributed by atoms with Crippen LogP contribution in [0.25, 0.3) is 0 Å². The van der Waals surface area contributed by atoms with Crippen molar-refractivity contribution in [2.45, 2.75) is 32.2 Å². The van der Waals surface area contributed by atoms with Crippen molar-refractivity contribution >= 4 is 21.6 Å². The summed E-state index contributed by atoms with van der Waals surface area (Å²) in [5.74, 6) is -0.0800. The molecule has 146 valence electrons. The number of nitrogens with one attached hydrogen (secondary N) is 1. The highest BCUT2D eigenvalue weighted by Gasteiger charge is 2.25. The van der Waals surface area contributed by atoms with Crippen LogP contribution in [0.15, 0.2) is 29.2 Å². The van der Waals surface area contributed by atoms with Crippen molar-refractivity contribution in [1.29, 1.82) is 0 Å². The molecule has 3 rings (SSSR count). The third kappa shape index (κ3) is 3.98. The Labute approximate surface area is 159 Å². The fraction of sp³-hybridized carbons (Fsp3) is 0.444. The van der Waals surface area contributed by atoms with Crippen LogP contribution in [0.1, 0.15) is 28.7 Å². The zero-order chi connectivity index (χ0) is 19.6. The van der Waals surface area contributed by atoms with Gasteiger partial charge in [0.2, 0.25) is 0 Å². The first-order valence-corrected chi connectivity index (χ1v) is 10.4. The molecule has 0 spiro atoms. The van der Waals surface area contributed by atoms with Gasteiger partial charge in [-0.15, -0.1) is 0 Å². The number of morpholine rings is 1. The molecule has 0 bridgehead atoms. The van der Waals surface area contributed by atoms with Crippen molar-refractivity contribution in [1.82, 2.24) is 14.7 Å². The van der Waals surface area contributed by atoms with Crippen LogP contribution in [-0.4, -0.2) is 55.3 Å². The standard InChI is InChI=1S/C18H24N4O4S/c1-4-22-14(3)17(13(2)19-22)27(24,25)20-16-7-5-15(6-8-16)18(23)21-9-11-26-12-10-21/h5-8,20H,4,9-12H2,1-3H3. The number of hydrogen-bond donors (Lipinski definition) is 1. The Morgan fingerprint density at radius 3 is 2.37 bits per heavy atom. The minimum atomic E-state index is -3.76. The molecule has 8 nitrogen and oxygen atoms in total. The lowest BCUT2D eigenvalue weighted by Crippen LogP contribution is -2.40. The van der Waals surface area contributed by atoms with Crippen LogP contribution in [0.3, 0.4) is 0 Å². The molecular formula is C18H24N4O4S. The first-order chi connectivity index (χ1) is 12.8. The maximum absolute atomic E-state index is 12.8. The van der Waals surface area contributed by atoms with Gasteiger partial charge in [0, 0.05) is 30.9 Å². The summed E-state index contributed by atoms with van der Waals surface area (Å²) in [6.07, 6.45) is 0. The first-order valence-electron chi connectivity index (χ1n) is 8.87. The molecule has 0 saturated carbocycles. The Morgan fingerprint density at radius 1 is 1.19 bits per heavy atom. The summed E-state index contributed by atoms with van der Waals surface area (Å²) < 4.78 is 35.1. The monoisotopic (exact) mass is 392 g/mol. The van der Waals surface area contributed by atoms with Crippen molar-refractivity contribution in [3.63, 3.8) is 0 Å². The molecule has 1 fully saturated rings. The number of sulfonamides is 1. The minimum absolute atomic E-state index is 0.0800. The molecule has 2 heterocycles. The topological polar surface area (TPSA) is 93.5 Å². The highest BCUT2D eigenvalue weighted by Crippen LogP contribution is 2.23. The van der Waals surface area contributed by atoms with Gasteiger partial charge < -0.3 is 9.64 Å². The molecule has 1 aromatic carbocycles. The van der Waals surface area contributed by atoms with Crippen LogP contribution in [0.4, 0.5) is 5.69 Å². The number of carbonyl (C=O) groups is 1. The van der Waals surface area contributed by atoms with Gasteiger partial charge in [0.25, 0.3) is 15.9 Å². The van der Waals surface area contributed by atoms with E-state index >= 15 is 0 Å². The fourth-order valence-electron chi connectivity index (χ4n) is 3.21. The highest BCUT2D eigenvalue weighted by atomic mass is 32.2. The summed E-state index contributed by atoms with van der Waals surface area (Å²) in [7, 11) is -3.76. The second-order valence-electron chi connectivity index (χ2n) is 6.40. The summed E-state index contributed by atoms with van der Waals surface area (Å²) in [5.41, 5.74) is 1.98. The van der Waals surface area contributed by atoms with Crippen molar-refractivity contribution in [3.05, 3.63) is 41.2 Å². The number of anilines is 1. The lowest BCUT2D eigenvalue weighted by Gasteiger charge is -2.26. The van der Waals surface area contributed by atoms with E-state index in [2.05, 4.69) is 9.82 Å². The molecule has 1 N–H and O–H groups in total. The average Bonchev–Trinajstić information content (AvgIpc) is 2.96. The predicted molar refractivity (Wildman–Crippen MR) is 101 cm³/mol. The third-order valence-electron chi connectivity index (χ3n) is 4.57. The molecule has 1 aromatic heterocycles. The molecule has 0 atom stereocenters. The van der Waals surface area contributed by atoms with Gasteiger partial charge in [0.1, 0.15) is 4.90 Å². The Kier molecular flexibility index (Phi) is 5.52. The molecule has 1 aliphatic rings. The summed E-state index contributed by atoms with van der Waals surface area (Å²) in [6.45, 7) is 8.12. The van der Waals surface area contributed by atoms with Crippen LogP contribution in [-0.2, 0) is 21.3 Å². The van der Waals surface area contributed by atoms with E-state index in [9.17, 15) is 13.2 Å². The first kappa shape index (κ1) is 19.4.